The van der Waals surface area contributed by atoms with Crippen LogP contribution in [0.15, 0.2) is 18.2 Å². The van der Waals surface area contributed by atoms with Crippen LogP contribution in [0, 0.1) is 5.82 Å². The Labute approximate surface area is 142 Å². The first-order valence-corrected chi connectivity index (χ1v) is 8.72. The number of nitrogens with one attached hydrogen (secondary N) is 1. The van der Waals surface area contributed by atoms with Crippen LogP contribution in [-0.4, -0.2) is 22.0 Å². The van der Waals surface area contributed by atoms with E-state index in [1.165, 1.54) is 16.5 Å². The van der Waals surface area contributed by atoms with Crippen LogP contribution in [0.4, 0.5) is 4.39 Å². The van der Waals surface area contributed by atoms with Crippen LogP contribution >= 0.6 is 11.3 Å². The lowest BCUT2D eigenvalue weighted by Gasteiger charge is -2.10. The molecule has 3 aromatic rings. The molecule has 1 aromatic carbocycles. The monoisotopic (exact) mass is 344 g/mol. The van der Waals surface area contributed by atoms with Gasteiger partial charge in [-0.05, 0) is 43.7 Å². The highest BCUT2D eigenvalue weighted by atomic mass is 32.1. The summed E-state index contributed by atoms with van der Waals surface area (Å²) in [4.78, 5) is 18.7. The third-order valence-corrected chi connectivity index (χ3v) is 5.55. The highest BCUT2D eigenvalue weighted by Crippen LogP contribution is 2.35. The molecule has 0 radical (unpaired) electrons. The molecule has 0 saturated heterocycles. The van der Waals surface area contributed by atoms with Gasteiger partial charge in [0, 0.05) is 18.0 Å². The van der Waals surface area contributed by atoms with Crippen LogP contribution in [0.3, 0.4) is 0 Å². The lowest BCUT2D eigenvalue weighted by Crippen LogP contribution is -2.21. The number of aryl methyl sites for hydroxylation is 1. The van der Waals surface area contributed by atoms with E-state index >= 15 is 0 Å². The molecule has 1 amide bonds. The number of nitrogens with zero attached hydrogens (tertiary/aromatic N) is 2. The second-order valence-corrected chi connectivity index (χ2v) is 6.99. The fraction of sp³-hybridized carbons (Fsp3) is 0.294. The number of amides is 1. The van der Waals surface area contributed by atoms with E-state index in [-0.39, 0.29) is 5.56 Å². The van der Waals surface area contributed by atoms with Gasteiger partial charge in [-0.15, -0.1) is 11.3 Å². The summed E-state index contributed by atoms with van der Waals surface area (Å²) < 4.78 is 15.9. The van der Waals surface area contributed by atoms with E-state index in [9.17, 15) is 9.18 Å². The van der Waals surface area contributed by atoms with Gasteiger partial charge in [-0.1, -0.05) is 0 Å². The minimum atomic E-state index is -0.665. The van der Waals surface area contributed by atoms with Crippen LogP contribution in [0.5, 0.6) is 0 Å². The van der Waals surface area contributed by atoms with Crippen molar-refractivity contribution in [3.63, 3.8) is 0 Å². The number of carbonyl (C=O) groups excluding carboxylic acids is 1. The molecule has 7 heteroatoms. The second-order valence-electron chi connectivity index (χ2n) is 5.85. The molecule has 3 heterocycles. The molecule has 0 unspecified atom stereocenters. The molecule has 1 aliphatic rings. The van der Waals surface area contributed by atoms with E-state index in [1.54, 1.807) is 11.3 Å². The number of primary amides is 1. The first-order chi connectivity index (χ1) is 11.6. The number of aromatic nitrogens is 2. The third-order valence-electron chi connectivity index (χ3n) is 4.37. The Balaban J connectivity index is 1.97. The molecule has 0 saturated carbocycles. The second kappa shape index (κ2) is 5.68. The van der Waals surface area contributed by atoms with Gasteiger partial charge in [0.25, 0.3) is 5.91 Å². The topological polar surface area (TPSA) is 72.9 Å². The fourth-order valence-electron chi connectivity index (χ4n) is 3.25. The highest BCUT2D eigenvalue weighted by molar-refractivity contribution is 7.15. The molecule has 24 heavy (non-hydrogen) atoms. The maximum atomic E-state index is 13.9. The number of hydrogen-bond acceptors (Lipinski definition) is 4. The molecule has 5 nitrogen and oxygen atoms in total. The number of hydrogen-bond donors (Lipinski definition) is 2. The quantitative estimate of drug-likeness (QED) is 0.767. The molecule has 4 rings (SSSR count). The number of fused-ring (bicyclic) bond motifs is 2. The van der Waals surface area contributed by atoms with Crippen LogP contribution in [0.1, 0.15) is 27.7 Å². The summed E-state index contributed by atoms with van der Waals surface area (Å²) in [5.41, 5.74) is 7.94. The zero-order valence-electron chi connectivity index (χ0n) is 13.2. The summed E-state index contributed by atoms with van der Waals surface area (Å²) in [7, 11) is 0. The van der Waals surface area contributed by atoms with E-state index in [2.05, 4.69) is 16.4 Å². The summed E-state index contributed by atoms with van der Waals surface area (Å²) in [5.74, 6) is -0.381. The smallest absolute Gasteiger partial charge is 0.251 e. The van der Waals surface area contributed by atoms with Crippen molar-refractivity contribution in [3.05, 3.63) is 40.0 Å². The SMILES string of the molecule is CCn1c(-c2cc3c(s2)CNCC3)nc2c(C(N)=O)cc(F)cc21. The van der Waals surface area contributed by atoms with Crippen LogP contribution in [-0.2, 0) is 19.5 Å². The Morgan fingerprint density at radius 2 is 2.29 bits per heavy atom. The molecule has 0 fully saturated rings. The van der Waals surface area contributed by atoms with E-state index in [0.717, 1.165) is 36.3 Å². The average Bonchev–Trinajstić information content (AvgIpc) is 3.14. The van der Waals surface area contributed by atoms with Crippen LogP contribution in [0.25, 0.3) is 21.7 Å². The lowest BCUT2D eigenvalue weighted by molar-refractivity contribution is 0.100. The van der Waals surface area contributed by atoms with Gasteiger partial charge in [0.1, 0.15) is 11.3 Å². The van der Waals surface area contributed by atoms with Crippen molar-refractivity contribution in [2.24, 2.45) is 5.73 Å². The molecule has 0 spiro atoms. The van der Waals surface area contributed by atoms with Crippen molar-refractivity contribution in [2.75, 3.05) is 6.54 Å². The number of rotatable bonds is 3. The van der Waals surface area contributed by atoms with Gasteiger partial charge in [-0.3, -0.25) is 4.79 Å². The largest absolute Gasteiger partial charge is 0.366 e. The van der Waals surface area contributed by atoms with E-state index in [4.69, 9.17) is 5.73 Å². The fourth-order valence-corrected chi connectivity index (χ4v) is 4.43. The van der Waals surface area contributed by atoms with Gasteiger partial charge < -0.3 is 15.6 Å². The molecule has 0 aliphatic carbocycles. The van der Waals surface area contributed by atoms with E-state index in [0.29, 0.717) is 17.6 Å². The number of thiophene rings is 1. The predicted octanol–water partition coefficient (Wildman–Crippen LogP) is 2.67. The summed E-state index contributed by atoms with van der Waals surface area (Å²) in [6.45, 7) is 4.46. The zero-order valence-corrected chi connectivity index (χ0v) is 14.0. The summed E-state index contributed by atoms with van der Waals surface area (Å²) in [6, 6.07) is 4.73. The Morgan fingerprint density at radius 1 is 1.46 bits per heavy atom. The first-order valence-electron chi connectivity index (χ1n) is 7.90. The van der Waals surface area contributed by atoms with E-state index in [1.807, 2.05) is 11.5 Å². The highest BCUT2D eigenvalue weighted by Gasteiger charge is 2.21. The minimum Gasteiger partial charge on any atom is -0.366 e. The molecule has 124 valence electrons. The van der Waals surface area contributed by atoms with Gasteiger partial charge in [-0.2, -0.15) is 0 Å². The van der Waals surface area contributed by atoms with Crippen molar-refractivity contribution < 1.29 is 9.18 Å². The number of carbonyl (C=O) groups is 1. The first kappa shape index (κ1) is 15.3. The molecule has 0 atom stereocenters. The van der Waals surface area contributed by atoms with Gasteiger partial charge in [0.05, 0.1) is 16.0 Å². The normalized spacial score (nSPS) is 14.1. The number of benzene rings is 1. The van der Waals surface area contributed by atoms with Gasteiger partial charge in [0.15, 0.2) is 5.82 Å². The average molecular weight is 344 g/mol. The zero-order chi connectivity index (χ0) is 16.8. The van der Waals surface area contributed by atoms with Crippen molar-refractivity contribution in [3.8, 4) is 10.7 Å². The van der Waals surface area contributed by atoms with Crippen LogP contribution in [0.2, 0.25) is 0 Å². The number of nitrogens with two attached hydrogens (primary N) is 1. The molecule has 1 aliphatic heterocycles. The van der Waals surface area contributed by atoms with Crippen molar-refractivity contribution in [1.29, 1.82) is 0 Å². The van der Waals surface area contributed by atoms with Gasteiger partial charge in [0.2, 0.25) is 0 Å². The summed E-state index contributed by atoms with van der Waals surface area (Å²) in [5, 5.41) is 3.36. The van der Waals surface area contributed by atoms with Crippen molar-refractivity contribution in [1.82, 2.24) is 14.9 Å². The predicted molar refractivity (Wildman–Crippen MR) is 92.6 cm³/mol. The molecule has 0 bridgehead atoms. The van der Waals surface area contributed by atoms with Crippen molar-refractivity contribution >= 4 is 28.3 Å². The summed E-state index contributed by atoms with van der Waals surface area (Å²) in [6.07, 6.45) is 0.999. The molecular weight excluding hydrogens is 327 g/mol. The molecule has 2 aromatic heterocycles. The van der Waals surface area contributed by atoms with Crippen molar-refractivity contribution in [2.45, 2.75) is 26.4 Å². The molecular formula is C17H17FN4OS. The van der Waals surface area contributed by atoms with E-state index < -0.39 is 11.7 Å². The minimum absolute atomic E-state index is 0.126. The summed E-state index contributed by atoms with van der Waals surface area (Å²) >= 11 is 1.70. The number of imidazole rings is 1. The lowest BCUT2D eigenvalue weighted by atomic mass is 10.1. The number of halogens is 1. The Morgan fingerprint density at radius 3 is 3.00 bits per heavy atom. The maximum Gasteiger partial charge on any atom is 0.251 e. The van der Waals surface area contributed by atoms with Gasteiger partial charge >= 0.3 is 0 Å². The maximum absolute atomic E-state index is 13.9. The van der Waals surface area contributed by atoms with Crippen LogP contribution < -0.4 is 11.1 Å². The molecule has 3 N–H and O–H groups in total. The van der Waals surface area contributed by atoms with Gasteiger partial charge in [-0.25, -0.2) is 9.37 Å². The Hall–Kier alpha value is -2.25. The standard InChI is InChI=1S/C17H17FN4OS/c1-2-22-12-7-10(18)6-11(16(19)23)15(12)21-17(22)13-5-9-3-4-20-8-14(9)24-13/h5-7,20H,2-4,8H2,1H3,(H2,19,23). The Bertz CT molecular complexity index is 936. The Kier molecular flexibility index (Phi) is 3.62. The third kappa shape index (κ3) is 2.32.